The van der Waals surface area contributed by atoms with E-state index in [0.717, 1.165) is 19.3 Å². The van der Waals surface area contributed by atoms with Gasteiger partial charge < -0.3 is 15.4 Å². The number of hydroxylamine groups is 1. The average molecular weight is 288 g/mol. The minimum absolute atomic E-state index is 0.0474. The van der Waals surface area contributed by atoms with Crippen molar-refractivity contribution in [1.29, 1.82) is 0 Å². The molecule has 0 rings (SSSR count). The number of primary amides is 1. The van der Waals surface area contributed by atoms with Crippen molar-refractivity contribution in [2.75, 3.05) is 0 Å². The van der Waals surface area contributed by atoms with Crippen molar-refractivity contribution in [3.63, 3.8) is 0 Å². The summed E-state index contributed by atoms with van der Waals surface area (Å²) in [5.41, 5.74) is 6.65. The first-order valence-electron chi connectivity index (χ1n) is 6.68. The lowest BCUT2D eigenvalue weighted by atomic mass is 10.2. The highest BCUT2D eigenvalue weighted by Crippen LogP contribution is 1.99. The van der Waals surface area contributed by atoms with Crippen molar-refractivity contribution >= 4 is 24.1 Å². The third kappa shape index (κ3) is 18.4. The van der Waals surface area contributed by atoms with E-state index in [4.69, 9.17) is 0 Å². The van der Waals surface area contributed by atoms with Crippen LogP contribution in [0.15, 0.2) is 0 Å². The second-order valence-corrected chi connectivity index (χ2v) is 3.98. The molecular weight excluding hydrogens is 264 g/mol. The molecule has 3 N–H and O–H groups in total. The van der Waals surface area contributed by atoms with E-state index in [1.807, 2.05) is 12.4 Å². The lowest BCUT2D eigenvalue weighted by Crippen LogP contribution is -2.26. The number of unbranched alkanes of at least 4 members (excludes halogenated alkanes) is 2. The Balaban J connectivity index is 0. The summed E-state index contributed by atoms with van der Waals surface area (Å²) in [5.74, 6) is -1.14. The molecule has 0 aliphatic heterocycles. The molecule has 0 heterocycles. The fraction of sp³-hybridized carbons (Fsp3) is 0.692. The second-order valence-electron chi connectivity index (χ2n) is 3.98. The van der Waals surface area contributed by atoms with Gasteiger partial charge in [0.15, 0.2) is 0 Å². The molecule has 0 aliphatic rings. The van der Waals surface area contributed by atoms with Crippen molar-refractivity contribution in [2.24, 2.45) is 5.73 Å². The Bertz CT molecular complexity index is 305. The molecule has 7 heteroatoms. The second kappa shape index (κ2) is 15.1. The molecule has 0 bridgehead atoms. The SMILES string of the molecule is CCC(N)=O.CCCCCC(=O)ONC(=O)CCC=O. The van der Waals surface area contributed by atoms with Gasteiger partial charge >= 0.3 is 5.97 Å². The molecule has 116 valence electrons. The van der Waals surface area contributed by atoms with Gasteiger partial charge in [0.25, 0.3) is 5.91 Å². The zero-order valence-corrected chi connectivity index (χ0v) is 12.1. The smallest absolute Gasteiger partial charge is 0.332 e. The molecule has 0 fully saturated rings. The van der Waals surface area contributed by atoms with Crippen molar-refractivity contribution < 1.29 is 24.0 Å². The van der Waals surface area contributed by atoms with Crippen molar-refractivity contribution in [2.45, 2.75) is 58.8 Å². The van der Waals surface area contributed by atoms with Gasteiger partial charge in [-0.15, -0.1) is 0 Å². The largest absolute Gasteiger partial charge is 0.370 e. The molecule has 0 radical (unpaired) electrons. The minimum atomic E-state index is -0.453. The highest BCUT2D eigenvalue weighted by atomic mass is 16.7. The zero-order valence-electron chi connectivity index (χ0n) is 12.1. The number of carbonyl (C=O) groups is 4. The van der Waals surface area contributed by atoms with Crippen molar-refractivity contribution in [3.8, 4) is 0 Å². The van der Waals surface area contributed by atoms with Crippen molar-refractivity contribution in [3.05, 3.63) is 0 Å². The molecule has 0 saturated carbocycles. The van der Waals surface area contributed by atoms with Gasteiger partial charge in [-0.3, -0.25) is 9.59 Å². The third-order valence-corrected chi connectivity index (χ3v) is 2.10. The summed E-state index contributed by atoms with van der Waals surface area (Å²) >= 11 is 0. The van der Waals surface area contributed by atoms with Crippen molar-refractivity contribution in [1.82, 2.24) is 5.48 Å². The number of nitrogens with one attached hydrogen (secondary N) is 1. The molecule has 0 aromatic heterocycles. The predicted octanol–water partition coefficient (Wildman–Crippen LogP) is 1.00. The Kier molecular flexibility index (Phi) is 15.4. The molecule has 0 unspecified atom stereocenters. The quantitative estimate of drug-likeness (QED) is 0.393. The maximum Gasteiger partial charge on any atom is 0.332 e. The van der Waals surface area contributed by atoms with Gasteiger partial charge in [-0.25, -0.2) is 4.79 Å². The fourth-order valence-corrected chi connectivity index (χ4v) is 0.925. The van der Waals surface area contributed by atoms with Crippen LogP contribution in [0.2, 0.25) is 0 Å². The summed E-state index contributed by atoms with van der Waals surface area (Å²) in [6.45, 7) is 3.76. The van der Waals surface area contributed by atoms with Gasteiger partial charge in [-0.05, 0) is 6.42 Å². The average Bonchev–Trinajstić information content (AvgIpc) is 2.43. The number of rotatable bonds is 8. The van der Waals surface area contributed by atoms with Crippen LogP contribution in [0, 0.1) is 0 Å². The van der Waals surface area contributed by atoms with Crippen LogP contribution in [0.4, 0.5) is 0 Å². The topological polar surface area (TPSA) is 116 Å². The molecule has 0 aromatic carbocycles. The molecule has 0 spiro atoms. The van der Waals surface area contributed by atoms with Crippen LogP contribution in [0.25, 0.3) is 0 Å². The standard InChI is InChI=1S/C10H17NO4.C3H7NO/c1-2-3-4-7-10(14)15-11-9(13)6-5-8-12;1-2-3(4)5/h8H,2-7H2,1H3,(H,11,13);2H2,1H3,(H2,4,5). The first-order chi connectivity index (χ1) is 9.47. The molecule has 0 atom stereocenters. The molecule has 0 saturated heterocycles. The number of amides is 2. The Labute approximate surface area is 119 Å². The minimum Gasteiger partial charge on any atom is -0.370 e. The van der Waals surface area contributed by atoms with E-state index < -0.39 is 11.9 Å². The summed E-state index contributed by atoms with van der Waals surface area (Å²) in [7, 11) is 0. The molecular formula is C13H24N2O5. The van der Waals surface area contributed by atoms with E-state index in [-0.39, 0.29) is 18.7 Å². The predicted molar refractivity (Wildman–Crippen MR) is 73.2 cm³/mol. The van der Waals surface area contributed by atoms with Gasteiger partial charge in [0.05, 0.1) is 0 Å². The number of nitrogens with two attached hydrogens (primary N) is 1. The summed E-state index contributed by atoms with van der Waals surface area (Å²) in [4.78, 5) is 45.9. The van der Waals surface area contributed by atoms with Gasteiger partial charge in [0.1, 0.15) is 6.29 Å². The Morgan fingerprint density at radius 3 is 2.20 bits per heavy atom. The number of carbonyl (C=O) groups excluding carboxylic acids is 4. The first-order valence-corrected chi connectivity index (χ1v) is 6.68. The van der Waals surface area contributed by atoms with Crippen LogP contribution >= 0.6 is 0 Å². The van der Waals surface area contributed by atoms with E-state index >= 15 is 0 Å². The summed E-state index contributed by atoms with van der Waals surface area (Å²) in [5, 5.41) is 0. The van der Waals surface area contributed by atoms with Gasteiger partial charge in [0, 0.05) is 25.7 Å². The van der Waals surface area contributed by atoms with Gasteiger partial charge in [-0.1, -0.05) is 26.7 Å². The zero-order chi connectivity index (χ0) is 15.8. The van der Waals surface area contributed by atoms with Crippen LogP contribution < -0.4 is 11.2 Å². The first kappa shape index (κ1) is 20.4. The van der Waals surface area contributed by atoms with E-state index in [2.05, 4.69) is 10.6 Å². The van der Waals surface area contributed by atoms with E-state index in [9.17, 15) is 19.2 Å². The normalized spacial score (nSPS) is 8.90. The third-order valence-electron chi connectivity index (χ3n) is 2.10. The summed E-state index contributed by atoms with van der Waals surface area (Å²) in [6, 6.07) is 0. The van der Waals surface area contributed by atoms with E-state index in [1.54, 1.807) is 6.92 Å². The van der Waals surface area contributed by atoms with Crippen LogP contribution in [0.5, 0.6) is 0 Å². The Morgan fingerprint density at radius 1 is 1.15 bits per heavy atom. The molecule has 2 amide bonds. The number of hydrogen-bond acceptors (Lipinski definition) is 5. The van der Waals surface area contributed by atoms with Crippen LogP contribution in [-0.4, -0.2) is 24.1 Å². The molecule has 0 aromatic rings. The number of aldehydes is 1. The van der Waals surface area contributed by atoms with E-state index in [0.29, 0.717) is 19.1 Å². The highest BCUT2D eigenvalue weighted by Gasteiger charge is 2.05. The summed E-state index contributed by atoms with van der Waals surface area (Å²) < 4.78 is 0. The monoisotopic (exact) mass is 288 g/mol. The Hall–Kier alpha value is -1.92. The summed E-state index contributed by atoms with van der Waals surface area (Å²) in [6.07, 6.45) is 4.34. The molecule has 7 nitrogen and oxygen atoms in total. The van der Waals surface area contributed by atoms with Gasteiger partial charge in [-0.2, -0.15) is 5.48 Å². The maximum atomic E-state index is 11.0. The lowest BCUT2D eigenvalue weighted by Gasteiger charge is -2.04. The Morgan fingerprint density at radius 2 is 1.75 bits per heavy atom. The lowest BCUT2D eigenvalue weighted by molar-refractivity contribution is -0.158. The van der Waals surface area contributed by atoms with Gasteiger partial charge in [0.2, 0.25) is 5.91 Å². The molecule has 20 heavy (non-hydrogen) atoms. The van der Waals surface area contributed by atoms with Crippen LogP contribution in [0.3, 0.4) is 0 Å². The maximum absolute atomic E-state index is 11.0. The highest BCUT2D eigenvalue weighted by molar-refractivity contribution is 5.79. The molecule has 0 aliphatic carbocycles. The van der Waals surface area contributed by atoms with Crippen LogP contribution in [0.1, 0.15) is 58.8 Å². The number of hydrogen-bond donors (Lipinski definition) is 2. The fourth-order valence-electron chi connectivity index (χ4n) is 0.925. The van der Waals surface area contributed by atoms with Crippen LogP contribution in [-0.2, 0) is 24.0 Å². The van der Waals surface area contributed by atoms with E-state index in [1.165, 1.54) is 0 Å².